The van der Waals surface area contributed by atoms with Gasteiger partial charge in [0.25, 0.3) is 5.91 Å². The molecule has 0 fully saturated rings. The monoisotopic (exact) mass is 270 g/mol. The van der Waals surface area contributed by atoms with E-state index in [0.29, 0.717) is 23.3 Å². The topological polar surface area (TPSA) is 62.7 Å². The van der Waals surface area contributed by atoms with Crippen molar-refractivity contribution < 1.29 is 9.18 Å². The standard InChI is InChI=1S/C14H11FN4O/c15-9-4-10-11(6-18-13(10)17-5-9)8-3-12-14(20)16-1-2-19(12)7-8/h3-7H,1-2H2,(H,16,20)(H,17,18). The molecular weight excluding hydrogens is 259 g/mol. The Kier molecular flexibility index (Phi) is 2.20. The molecule has 0 saturated heterocycles. The van der Waals surface area contributed by atoms with Crippen molar-refractivity contribution in [2.75, 3.05) is 6.54 Å². The van der Waals surface area contributed by atoms with Crippen molar-refractivity contribution in [2.45, 2.75) is 6.54 Å². The van der Waals surface area contributed by atoms with Crippen LogP contribution in [0.25, 0.3) is 22.2 Å². The van der Waals surface area contributed by atoms with Gasteiger partial charge in [-0.2, -0.15) is 0 Å². The minimum Gasteiger partial charge on any atom is -0.349 e. The number of aromatic nitrogens is 3. The molecule has 6 heteroatoms. The largest absolute Gasteiger partial charge is 0.349 e. The molecule has 0 unspecified atom stereocenters. The highest BCUT2D eigenvalue weighted by Crippen LogP contribution is 2.30. The van der Waals surface area contributed by atoms with Crippen LogP contribution in [0.1, 0.15) is 10.5 Å². The minimum atomic E-state index is -0.375. The van der Waals surface area contributed by atoms with Crippen molar-refractivity contribution in [2.24, 2.45) is 0 Å². The second-order valence-electron chi connectivity index (χ2n) is 4.82. The summed E-state index contributed by atoms with van der Waals surface area (Å²) in [5, 5.41) is 3.52. The maximum atomic E-state index is 13.4. The number of carbonyl (C=O) groups is 1. The van der Waals surface area contributed by atoms with Crippen molar-refractivity contribution in [1.29, 1.82) is 0 Å². The van der Waals surface area contributed by atoms with Crippen LogP contribution in [0.15, 0.2) is 30.7 Å². The molecule has 1 amide bonds. The van der Waals surface area contributed by atoms with Crippen LogP contribution in [0, 0.1) is 5.82 Å². The molecule has 0 saturated carbocycles. The third-order valence-electron chi connectivity index (χ3n) is 3.58. The minimum absolute atomic E-state index is 0.0772. The van der Waals surface area contributed by atoms with Crippen molar-refractivity contribution in [3.05, 3.63) is 42.2 Å². The summed E-state index contributed by atoms with van der Waals surface area (Å²) in [7, 11) is 0. The van der Waals surface area contributed by atoms with Gasteiger partial charge in [-0.3, -0.25) is 4.79 Å². The molecule has 20 heavy (non-hydrogen) atoms. The summed E-state index contributed by atoms with van der Waals surface area (Å²) in [6, 6.07) is 3.27. The third kappa shape index (κ3) is 1.54. The Balaban J connectivity index is 1.91. The van der Waals surface area contributed by atoms with Crippen LogP contribution in [0.3, 0.4) is 0 Å². The van der Waals surface area contributed by atoms with Gasteiger partial charge in [-0.1, -0.05) is 0 Å². The summed E-state index contributed by atoms with van der Waals surface area (Å²) < 4.78 is 15.3. The molecule has 0 bridgehead atoms. The molecule has 0 atom stereocenters. The highest BCUT2D eigenvalue weighted by atomic mass is 19.1. The fourth-order valence-electron chi connectivity index (χ4n) is 2.63. The first kappa shape index (κ1) is 11.2. The lowest BCUT2D eigenvalue weighted by Gasteiger charge is -2.14. The van der Waals surface area contributed by atoms with Crippen molar-refractivity contribution >= 4 is 16.9 Å². The average Bonchev–Trinajstić information content (AvgIpc) is 3.02. The number of H-pyrrole nitrogens is 1. The first-order valence-corrected chi connectivity index (χ1v) is 6.34. The Morgan fingerprint density at radius 2 is 2.25 bits per heavy atom. The molecule has 5 nitrogen and oxygen atoms in total. The number of aromatic amines is 1. The molecule has 0 aromatic carbocycles. The van der Waals surface area contributed by atoms with Crippen LogP contribution < -0.4 is 5.32 Å². The zero-order valence-corrected chi connectivity index (χ0v) is 10.5. The molecule has 0 spiro atoms. The van der Waals surface area contributed by atoms with Gasteiger partial charge in [0.05, 0.1) is 6.20 Å². The van der Waals surface area contributed by atoms with Crippen LogP contribution in [-0.4, -0.2) is 27.0 Å². The van der Waals surface area contributed by atoms with Gasteiger partial charge in [-0.25, -0.2) is 9.37 Å². The Labute approximate surface area is 113 Å². The Morgan fingerprint density at radius 3 is 3.10 bits per heavy atom. The van der Waals surface area contributed by atoms with E-state index >= 15 is 0 Å². The first-order chi connectivity index (χ1) is 9.72. The van der Waals surface area contributed by atoms with E-state index in [2.05, 4.69) is 15.3 Å². The number of pyridine rings is 1. The molecule has 4 rings (SSSR count). The lowest BCUT2D eigenvalue weighted by atomic mass is 10.1. The summed E-state index contributed by atoms with van der Waals surface area (Å²) in [5.41, 5.74) is 3.00. The molecule has 100 valence electrons. The average molecular weight is 270 g/mol. The maximum Gasteiger partial charge on any atom is 0.267 e. The Bertz CT molecular complexity index is 833. The predicted molar refractivity (Wildman–Crippen MR) is 71.8 cm³/mol. The van der Waals surface area contributed by atoms with E-state index in [9.17, 15) is 9.18 Å². The number of amides is 1. The molecule has 3 aromatic heterocycles. The first-order valence-electron chi connectivity index (χ1n) is 6.34. The van der Waals surface area contributed by atoms with Crippen LogP contribution in [0.2, 0.25) is 0 Å². The van der Waals surface area contributed by atoms with Crippen LogP contribution in [0.5, 0.6) is 0 Å². The van der Waals surface area contributed by atoms with Crippen LogP contribution >= 0.6 is 0 Å². The Morgan fingerprint density at radius 1 is 1.35 bits per heavy atom. The van der Waals surface area contributed by atoms with Gasteiger partial charge < -0.3 is 14.9 Å². The maximum absolute atomic E-state index is 13.4. The number of nitrogens with zero attached hydrogens (tertiary/aromatic N) is 2. The summed E-state index contributed by atoms with van der Waals surface area (Å²) in [5.74, 6) is -0.452. The second kappa shape index (κ2) is 3.93. The Hall–Kier alpha value is -2.63. The predicted octanol–water partition coefficient (Wildman–Crippen LogP) is 1.91. The van der Waals surface area contributed by atoms with Gasteiger partial charge in [-0.05, 0) is 12.1 Å². The lowest BCUT2D eigenvalue weighted by molar-refractivity contribution is 0.0928. The number of hydrogen-bond acceptors (Lipinski definition) is 2. The number of fused-ring (bicyclic) bond motifs is 2. The zero-order chi connectivity index (χ0) is 13.7. The van der Waals surface area contributed by atoms with Crippen molar-refractivity contribution in [3.8, 4) is 11.1 Å². The molecular formula is C14H11FN4O. The second-order valence-corrected chi connectivity index (χ2v) is 4.82. The number of nitrogens with one attached hydrogen (secondary N) is 2. The smallest absolute Gasteiger partial charge is 0.267 e. The number of halogens is 1. The van der Waals surface area contributed by atoms with Crippen molar-refractivity contribution in [3.63, 3.8) is 0 Å². The molecule has 3 aromatic rings. The van der Waals surface area contributed by atoms with Crippen LogP contribution in [-0.2, 0) is 6.54 Å². The van der Waals surface area contributed by atoms with Crippen LogP contribution in [0.4, 0.5) is 4.39 Å². The van der Waals surface area contributed by atoms with E-state index in [1.54, 1.807) is 6.20 Å². The molecule has 1 aliphatic rings. The van der Waals surface area contributed by atoms with E-state index in [4.69, 9.17) is 0 Å². The molecule has 2 N–H and O–H groups in total. The van der Waals surface area contributed by atoms with Gasteiger partial charge >= 0.3 is 0 Å². The molecule has 0 aliphatic carbocycles. The number of carbonyl (C=O) groups excluding carboxylic acids is 1. The van der Waals surface area contributed by atoms with Gasteiger partial charge in [-0.15, -0.1) is 0 Å². The number of hydrogen-bond donors (Lipinski definition) is 2. The van der Waals surface area contributed by atoms with E-state index in [1.807, 2.05) is 16.8 Å². The van der Waals surface area contributed by atoms with Gasteiger partial charge in [0.15, 0.2) is 0 Å². The lowest BCUT2D eigenvalue weighted by Crippen LogP contribution is -2.34. The number of rotatable bonds is 1. The van der Waals surface area contributed by atoms with E-state index < -0.39 is 0 Å². The quantitative estimate of drug-likeness (QED) is 0.709. The molecule has 0 radical (unpaired) electrons. The van der Waals surface area contributed by atoms with E-state index in [0.717, 1.165) is 17.7 Å². The fraction of sp³-hybridized carbons (Fsp3) is 0.143. The molecule has 1 aliphatic heterocycles. The van der Waals surface area contributed by atoms with Gasteiger partial charge in [0, 0.05) is 42.0 Å². The molecule has 4 heterocycles. The van der Waals surface area contributed by atoms with Gasteiger partial charge in [0.2, 0.25) is 0 Å². The van der Waals surface area contributed by atoms with Crippen molar-refractivity contribution in [1.82, 2.24) is 19.9 Å². The fourth-order valence-corrected chi connectivity index (χ4v) is 2.63. The SMILES string of the molecule is O=C1NCCn2cc(-c3c[nH]c4ncc(F)cc34)cc21. The van der Waals surface area contributed by atoms with E-state index in [1.165, 1.54) is 12.3 Å². The van der Waals surface area contributed by atoms with Gasteiger partial charge in [0.1, 0.15) is 17.2 Å². The highest BCUT2D eigenvalue weighted by Gasteiger charge is 2.19. The zero-order valence-electron chi connectivity index (χ0n) is 10.5. The summed E-state index contributed by atoms with van der Waals surface area (Å²) in [6.07, 6.45) is 4.89. The summed E-state index contributed by atoms with van der Waals surface area (Å²) >= 11 is 0. The third-order valence-corrected chi connectivity index (χ3v) is 3.58. The highest BCUT2D eigenvalue weighted by molar-refractivity contribution is 5.98. The van der Waals surface area contributed by atoms with E-state index in [-0.39, 0.29) is 11.7 Å². The summed E-state index contributed by atoms with van der Waals surface area (Å²) in [6.45, 7) is 1.38. The normalized spacial score (nSPS) is 14.3. The summed E-state index contributed by atoms with van der Waals surface area (Å²) in [4.78, 5) is 18.8.